The van der Waals surface area contributed by atoms with Gasteiger partial charge in [0.15, 0.2) is 0 Å². The van der Waals surface area contributed by atoms with E-state index in [4.69, 9.17) is 9.47 Å². The van der Waals surface area contributed by atoms with Gasteiger partial charge in [0, 0.05) is 37.1 Å². The van der Waals surface area contributed by atoms with Crippen LogP contribution in [0.4, 0.5) is 14.9 Å². The van der Waals surface area contributed by atoms with Crippen molar-refractivity contribution in [3.05, 3.63) is 77.9 Å². The summed E-state index contributed by atoms with van der Waals surface area (Å²) in [5.41, 5.74) is 2.06. The zero-order valence-electron chi connectivity index (χ0n) is 20.9. The number of amides is 3. The van der Waals surface area contributed by atoms with Crippen molar-refractivity contribution in [3.63, 3.8) is 0 Å². The molecule has 9 heteroatoms. The Hall–Kier alpha value is -4.01. The van der Waals surface area contributed by atoms with E-state index in [9.17, 15) is 14.0 Å². The maximum Gasteiger partial charge on any atom is 0.322 e. The summed E-state index contributed by atoms with van der Waals surface area (Å²) in [6, 6.07) is 14.1. The number of hydrogen-bond acceptors (Lipinski definition) is 4. The topological polar surface area (TPSA) is 76.0 Å². The average molecular weight is 495 g/mol. The van der Waals surface area contributed by atoms with E-state index >= 15 is 0 Å². The summed E-state index contributed by atoms with van der Waals surface area (Å²) >= 11 is 0. The number of halogens is 1. The monoisotopic (exact) mass is 494 g/mol. The summed E-state index contributed by atoms with van der Waals surface area (Å²) in [7, 11) is 3.06. The Morgan fingerprint density at radius 2 is 1.89 bits per heavy atom. The van der Waals surface area contributed by atoms with Gasteiger partial charge in [-0.2, -0.15) is 0 Å². The number of urea groups is 1. The van der Waals surface area contributed by atoms with E-state index in [1.807, 2.05) is 38.2 Å². The van der Waals surface area contributed by atoms with Crippen molar-refractivity contribution >= 4 is 17.6 Å². The van der Waals surface area contributed by atoms with Crippen molar-refractivity contribution in [2.45, 2.75) is 32.5 Å². The lowest BCUT2D eigenvalue weighted by molar-refractivity contribution is -0.134. The quantitative estimate of drug-likeness (QED) is 0.524. The summed E-state index contributed by atoms with van der Waals surface area (Å²) in [5, 5.41) is 2.85. The van der Waals surface area contributed by atoms with E-state index in [0.717, 1.165) is 5.69 Å². The van der Waals surface area contributed by atoms with E-state index < -0.39 is 12.1 Å². The largest absolute Gasteiger partial charge is 0.497 e. The van der Waals surface area contributed by atoms with Gasteiger partial charge in [0.2, 0.25) is 5.91 Å². The molecule has 2 aromatic carbocycles. The Bertz CT molecular complexity index is 1240. The number of anilines is 1. The summed E-state index contributed by atoms with van der Waals surface area (Å²) in [5.74, 6) is 0.460. The highest BCUT2D eigenvalue weighted by Crippen LogP contribution is 2.33. The van der Waals surface area contributed by atoms with Crippen molar-refractivity contribution in [3.8, 4) is 11.5 Å². The van der Waals surface area contributed by atoms with E-state index in [2.05, 4.69) is 9.88 Å². The van der Waals surface area contributed by atoms with E-state index in [1.165, 1.54) is 24.1 Å². The van der Waals surface area contributed by atoms with Gasteiger partial charge < -0.3 is 29.2 Å². The standard InChI is InChI=1S/C27H31FN4O4/c1-18(2)32(27(34)29-22-11-10-21(35-3)16-24(22)36-4)17-25(33)31-14-13-30-12-6-9-23(30)26(31)19-7-5-8-20(28)15-19/h5-12,15-16,18,26H,13-14,17H2,1-4H3,(H,29,34). The molecule has 0 spiro atoms. The lowest BCUT2D eigenvalue weighted by Crippen LogP contribution is -2.50. The molecule has 0 radical (unpaired) electrons. The molecule has 1 aliphatic heterocycles. The predicted molar refractivity (Wildman–Crippen MR) is 135 cm³/mol. The molecule has 0 saturated carbocycles. The summed E-state index contributed by atoms with van der Waals surface area (Å²) in [6.45, 7) is 4.64. The number of carbonyl (C=O) groups is 2. The Balaban J connectivity index is 1.57. The molecule has 190 valence electrons. The Morgan fingerprint density at radius 3 is 2.58 bits per heavy atom. The first kappa shape index (κ1) is 25.1. The minimum Gasteiger partial charge on any atom is -0.497 e. The van der Waals surface area contributed by atoms with Crippen molar-refractivity contribution in [2.24, 2.45) is 0 Å². The molecule has 0 fully saturated rings. The Labute approximate surface area is 210 Å². The first-order chi connectivity index (χ1) is 17.3. The maximum atomic E-state index is 14.1. The molecule has 1 unspecified atom stereocenters. The van der Waals surface area contributed by atoms with Gasteiger partial charge in [0.1, 0.15) is 23.9 Å². The smallest absolute Gasteiger partial charge is 0.322 e. The summed E-state index contributed by atoms with van der Waals surface area (Å²) in [4.78, 5) is 30.1. The molecule has 3 amide bonds. The summed E-state index contributed by atoms with van der Waals surface area (Å²) < 4.78 is 26.8. The van der Waals surface area contributed by atoms with Crippen LogP contribution in [-0.4, -0.2) is 59.7 Å². The van der Waals surface area contributed by atoms with Crippen LogP contribution in [0.5, 0.6) is 11.5 Å². The van der Waals surface area contributed by atoms with Gasteiger partial charge in [0.05, 0.1) is 25.9 Å². The predicted octanol–water partition coefficient (Wildman–Crippen LogP) is 4.52. The maximum absolute atomic E-state index is 14.1. The number of carbonyl (C=O) groups excluding carboxylic acids is 2. The van der Waals surface area contributed by atoms with Crippen molar-refractivity contribution in [1.29, 1.82) is 0 Å². The van der Waals surface area contributed by atoms with Gasteiger partial charge in [-0.05, 0) is 55.8 Å². The molecular formula is C27H31FN4O4. The van der Waals surface area contributed by atoms with Crippen LogP contribution in [0, 0.1) is 5.82 Å². The second-order valence-corrected chi connectivity index (χ2v) is 8.89. The Kier molecular flexibility index (Phi) is 7.47. The lowest BCUT2D eigenvalue weighted by Gasteiger charge is -2.39. The van der Waals surface area contributed by atoms with Gasteiger partial charge >= 0.3 is 6.03 Å². The van der Waals surface area contributed by atoms with Gasteiger partial charge in [0.25, 0.3) is 0 Å². The number of methoxy groups -OCH3 is 2. The van der Waals surface area contributed by atoms with Gasteiger partial charge in [-0.15, -0.1) is 0 Å². The molecular weight excluding hydrogens is 463 g/mol. The molecule has 1 atom stereocenters. The number of fused-ring (bicyclic) bond motifs is 1. The highest BCUT2D eigenvalue weighted by atomic mass is 19.1. The number of aromatic nitrogens is 1. The highest BCUT2D eigenvalue weighted by molar-refractivity contribution is 5.94. The fourth-order valence-electron chi connectivity index (χ4n) is 4.49. The van der Waals surface area contributed by atoms with Crippen molar-refractivity contribution in [1.82, 2.24) is 14.4 Å². The van der Waals surface area contributed by atoms with Crippen LogP contribution in [0.25, 0.3) is 0 Å². The van der Waals surface area contributed by atoms with Crippen LogP contribution in [-0.2, 0) is 11.3 Å². The first-order valence-corrected chi connectivity index (χ1v) is 11.8. The number of nitrogens with zero attached hydrogens (tertiary/aromatic N) is 3. The molecule has 0 saturated heterocycles. The number of nitrogens with one attached hydrogen (secondary N) is 1. The summed E-state index contributed by atoms with van der Waals surface area (Å²) in [6.07, 6.45) is 1.96. The molecule has 0 bridgehead atoms. The number of ether oxygens (including phenoxy) is 2. The van der Waals surface area contributed by atoms with E-state index in [-0.39, 0.29) is 24.3 Å². The van der Waals surface area contributed by atoms with E-state index in [1.54, 1.807) is 36.3 Å². The van der Waals surface area contributed by atoms with Crippen LogP contribution >= 0.6 is 0 Å². The fraction of sp³-hybridized carbons (Fsp3) is 0.333. The minimum atomic E-state index is -0.448. The van der Waals surface area contributed by atoms with Crippen molar-refractivity contribution in [2.75, 3.05) is 32.6 Å². The average Bonchev–Trinajstić information content (AvgIpc) is 3.35. The van der Waals surface area contributed by atoms with Crippen LogP contribution in [0.2, 0.25) is 0 Å². The molecule has 36 heavy (non-hydrogen) atoms. The third kappa shape index (κ3) is 5.15. The SMILES string of the molecule is COc1ccc(NC(=O)N(CC(=O)N2CCn3cccc3C2c2cccc(F)c2)C(C)C)c(OC)c1. The first-order valence-electron chi connectivity index (χ1n) is 11.8. The normalized spacial score (nSPS) is 14.8. The lowest BCUT2D eigenvalue weighted by atomic mass is 9.99. The number of rotatable bonds is 7. The van der Waals surface area contributed by atoms with E-state index in [0.29, 0.717) is 35.8 Å². The van der Waals surface area contributed by atoms with Crippen LogP contribution < -0.4 is 14.8 Å². The van der Waals surface area contributed by atoms with Gasteiger partial charge in [-0.3, -0.25) is 4.79 Å². The molecule has 1 aliphatic rings. The third-order valence-electron chi connectivity index (χ3n) is 6.36. The number of benzene rings is 2. The molecule has 4 rings (SSSR count). The zero-order chi connectivity index (χ0) is 25.8. The Morgan fingerprint density at radius 1 is 1.08 bits per heavy atom. The fourth-order valence-corrected chi connectivity index (χ4v) is 4.49. The van der Waals surface area contributed by atoms with Crippen LogP contribution in [0.3, 0.4) is 0 Å². The molecule has 2 heterocycles. The molecule has 3 aromatic rings. The van der Waals surface area contributed by atoms with Gasteiger partial charge in [-0.1, -0.05) is 12.1 Å². The second kappa shape index (κ2) is 10.7. The zero-order valence-corrected chi connectivity index (χ0v) is 20.9. The molecule has 1 aromatic heterocycles. The van der Waals surface area contributed by atoms with Gasteiger partial charge in [-0.25, -0.2) is 9.18 Å². The molecule has 8 nitrogen and oxygen atoms in total. The third-order valence-corrected chi connectivity index (χ3v) is 6.36. The van der Waals surface area contributed by atoms with Crippen LogP contribution in [0.1, 0.15) is 31.1 Å². The second-order valence-electron chi connectivity index (χ2n) is 8.89. The van der Waals surface area contributed by atoms with Crippen LogP contribution in [0.15, 0.2) is 60.8 Å². The molecule has 0 aliphatic carbocycles. The highest BCUT2D eigenvalue weighted by Gasteiger charge is 2.34. The molecule has 1 N–H and O–H groups in total. The number of hydrogen-bond donors (Lipinski definition) is 1. The minimum absolute atomic E-state index is 0.130. The van der Waals surface area contributed by atoms with Crippen molar-refractivity contribution < 1.29 is 23.5 Å².